The molecule has 0 bridgehead atoms. The molecule has 5 nitrogen and oxygen atoms in total. The molecule has 5 rings (SSSR count). The molecule has 29 heavy (non-hydrogen) atoms. The van der Waals surface area contributed by atoms with Crippen LogP contribution in [0.5, 0.6) is 5.75 Å². The minimum absolute atomic E-state index is 0.0762. The fourth-order valence-corrected chi connectivity index (χ4v) is 6.72. The Labute approximate surface area is 180 Å². The first kappa shape index (κ1) is 18.8. The topological polar surface area (TPSA) is 57.0 Å². The molecule has 148 valence electrons. The lowest BCUT2D eigenvalue weighted by Crippen LogP contribution is -2.20. The zero-order valence-electron chi connectivity index (χ0n) is 16.1. The SMILES string of the molecule is COc1cccc(-c2nc(CSc3nc4sc5c(c4c(=O)n3C)CCC5)cs2)c1. The average molecular weight is 442 g/mol. The van der Waals surface area contributed by atoms with Gasteiger partial charge in [-0.1, -0.05) is 23.9 Å². The Bertz CT molecular complexity index is 1270. The highest BCUT2D eigenvalue weighted by atomic mass is 32.2. The first-order chi connectivity index (χ1) is 14.1. The van der Waals surface area contributed by atoms with Crippen LogP contribution in [0.3, 0.4) is 0 Å². The van der Waals surface area contributed by atoms with Gasteiger partial charge in [-0.05, 0) is 37.0 Å². The smallest absolute Gasteiger partial charge is 0.262 e. The van der Waals surface area contributed by atoms with Gasteiger partial charge < -0.3 is 4.74 Å². The number of thiazole rings is 1. The number of hydrogen-bond donors (Lipinski definition) is 0. The molecule has 3 heterocycles. The number of hydrogen-bond acceptors (Lipinski definition) is 7. The van der Waals surface area contributed by atoms with E-state index in [0.29, 0.717) is 5.75 Å². The summed E-state index contributed by atoms with van der Waals surface area (Å²) in [5, 5.41) is 4.62. The average Bonchev–Trinajstić information content (AvgIpc) is 3.45. The molecule has 0 N–H and O–H groups in total. The number of thiophene rings is 1. The van der Waals surface area contributed by atoms with Crippen LogP contribution in [0.25, 0.3) is 20.8 Å². The number of aryl methyl sites for hydroxylation is 2. The standard InChI is InChI=1S/C21H19N3O2S3/c1-24-20(25)17-15-7-4-8-16(15)29-19(17)23-21(24)28-11-13-10-27-18(22-13)12-5-3-6-14(9-12)26-2/h3,5-6,9-10H,4,7-8,11H2,1-2H3. The zero-order valence-corrected chi connectivity index (χ0v) is 18.5. The molecule has 0 fully saturated rings. The molecule has 0 atom stereocenters. The Morgan fingerprint density at radius 3 is 3.03 bits per heavy atom. The zero-order chi connectivity index (χ0) is 20.0. The van der Waals surface area contributed by atoms with E-state index in [2.05, 4.69) is 5.38 Å². The lowest BCUT2D eigenvalue weighted by Gasteiger charge is -2.06. The number of methoxy groups -OCH3 is 1. The number of fused-ring (bicyclic) bond motifs is 3. The van der Waals surface area contributed by atoms with E-state index in [4.69, 9.17) is 14.7 Å². The number of rotatable bonds is 5. The maximum absolute atomic E-state index is 12.9. The lowest BCUT2D eigenvalue weighted by molar-refractivity contribution is 0.415. The van der Waals surface area contributed by atoms with Crippen molar-refractivity contribution in [3.8, 4) is 16.3 Å². The van der Waals surface area contributed by atoms with Gasteiger partial charge in [0.15, 0.2) is 5.16 Å². The lowest BCUT2D eigenvalue weighted by atomic mass is 10.2. The highest BCUT2D eigenvalue weighted by molar-refractivity contribution is 7.98. The van der Waals surface area contributed by atoms with Crippen LogP contribution < -0.4 is 10.3 Å². The van der Waals surface area contributed by atoms with Gasteiger partial charge in [-0.3, -0.25) is 9.36 Å². The summed E-state index contributed by atoms with van der Waals surface area (Å²) in [6.07, 6.45) is 3.23. The molecule has 0 radical (unpaired) electrons. The summed E-state index contributed by atoms with van der Waals surface area (Å²) in [6.45, 7) is 0. The third-order valence-corrected chi connectivity index (χ3v) is 8.31. The second kappa shape index (κ2) is 7.59. The fraction of sp³-hybridized carbons (Fsp3) is 0.286. The third-order valence-electron chi connectivity index (χ3n) is 5.12. The first-order valence-electron chi connectivity index (χ1n) is 9.37. The Balaban J connectivity index is 1.39. The molecule has 3 aromatic heterocycles. The summed E-state index contributed by atoms with van der Waals surface area (Å²) in [5.41, 5.74) is 3.34. The molecule has 0 amide bonds. The summed E-state index contributed by atoms with van der Waals surface area (Å²) in [5.74, 6) is 1.50. The van der Waals surface area contributed by atoms with Crippen LogP contribution in [-0.4, -0.2) is 21.6 Å². The monoisotopic (exact) mass is 441 g/mol. The predicted octanol–water partition coefficient (Wildman–Crippen LogP) is 4.91. The molecule has 0 saturated carbocycles. The van der Waals surface area contributed by atoms with Gasteiger partial charge in [-0.2, -0.15) is 0 Å². The predicted molar refractivity (Wildman–Crippen MR) is 121 cm³/mol. The summed E-state index contributed by atoms with van der Waals surface area (Å²) in [4.78, 5) is 24.7. The van der Waals surface area contributed by atoms with E-state index < -0.39 is 0 Å². The van der Waals surface area contributed by atoms with Crippen molar-refractivity contribution in [1.82, 2.24) is 14.5 Å². The van der Waals surface area contributed by atoms with E-state index in [0.717, 1.165) is 56.7 Å². The van der Waals surface area contributed by atoms with Crippen LogP contribution in [0.2, 0.25) is 0 Å². The molecule has 8 heteroatoms. The Hall–Kier alpha value is -2.16. The van der Waals surface area contributed by atoms with Crippen LogP contribution >= 0.6 is 34.4 Å². The first-order valence-corrected chi connectivity index (χ1v) is 12.0. The van der Waals surface area contributed by atoms with E-state index in [9.17, 15) is 4.79 Å². The molecule has 0 saturated heterocycles. The summed E-state index contributed by atoms with van der Waals surface area (Å²) in [6, 6.07) is 7.92. The minimum Gasteiger partial charge on any atom is -0.497 e. The van der Waals surface area contributed by atoms with E-state index in [1.54, 1.807) is 46.1 Å². The molecular formula is C21H19N3O2S3. The number of thioether (sulfide) groups is 1. The van der Waals surface area contributed by atoms with Gasteiger partial charge in [0.1, 0.15) is 15.6 Å². The molecule has 0 aliphatic heterocycles. The Morgan fingerprint density at radius 1 is 1.28 bits per heavy atom. The largest absolute Gasteiger partial charge is 0.497 e. The molecule has 1 aliphatic rings. The fourth-order valence-electron chi connectivity index (χ4n) is 3.64. The molecule has 1 aliphatic carbocycles. The van der Waals surface area contributed by atoms with Gasteiger partial charge in [-0.15, -0.1) is 22.7 Å². The van der Waals surface area contributed by atoms with Crippen molar-refractivity contribution in [2.45, 2.75) is 30.2 Å². The number of aromatic nitrogens is 3. The second-order valence-corrected chi connectivity index (χ2v) is 9.84. The number of ether oxygens (including phenoxy) is 1. The summed E-state index contributed by atoms with van der Waals surface area (Å²) < 4.78 is 6.99. The number of nitrogens with zero attached hydrogens (tertiary/aromatic N) is 3. The van der Waals surface area contributed by atoms with Gasteiger partial charge in [0.25, 0.3) is 5.56 Å². The van der Waals surface area contributed by atoms with E-state index >= 15 is 0 Å². The van der Waals surface area contributed by atoms with Crippen molar-refractivity contribution in [3.05, 3.63) is 56.1 Å². The highest BCUT2D eigenvalue weighted by Gasteiger charge is 2.22. The summed E-state index contributed by atoms with van der Waals surface area (Å²) >= 11 is 4.87. The van der Waals surface area contributed by atoms with Crippen molar-refractivity contribution in [1.29, 1.82) is 0 Å². The quantitative estimate of drug-likeness (QED) is 0.325. The molecule has 1 aromatic carbocycles. The second-order valence-electron chi connectivity index (χ2n) is 6.96. The van der Waals surface area contributed by atoms with Crippen LogP contribution in [0.1, 0.15) is 22.6 Å². The van der Waals surface area contributed by atoms with Gasteiger partial charge in [0.05, 0.1) is 18.2 Å². The van der Waals surface area contributed by atoms with E-state index in [1.165, 1.54) is 10.4 Å². The maximum Gasteiger partial charge on any atom is 0.262 e. The third kappa shape index (κ3) is 3.39. The highest BCUT2D eigenvalue weighted by Crippen LogP contribution is 2.36. The summed E-state index contributed by atoms with van der Waals surface area (Å²) in [7, 11) is 3.48. The van der Waals surface area contributed by atoms with Crippen molar-refractivity contribution >= 4 is 44.7 Å². The van der Waals surface area contributed by atoms with Gasteiger partial charge in [0, 0.05) is 28.6 Å². The van der Waals surface area contributed by atoms with Crippen LogP contribution in [0.15, 0.2) is 39.6 Å². The normalized spacial score (nSPS) is 13.2. The van der Waals surface area contributed by atoms with Gasteiger partial charge >= 0.3 is 0 Å². The Morgan fingerprint density at radius 2 is 2.17 bits per heavy atom. The van der Waals surface area contributed by atoms with Crippen molar-refractivity contribution in [2.75, 3.05) is 7.11 Å². The molecule has 0 spiro atoms. The minimum atomic E-state index is 0.0762. The van der Waals surface area contributed by atoms with Crippen LogP contribution in [0, 0.1) is 0 Å². The van der Waals surface area contributed by atoms with E-state index in [-0.39, 0.29) is 5.56 Å². The van der Waals surface area contributed by atoms with Gasteiger partial charge in [0.2, 0.25) is 0 Å². The molecule has 0 unspecified atom stereocenters. The molecule has 4 aromatic rings. The number of benzene rings is 1. The van der Waals surface area contributed by atoms with Crippen molar-refractivity contribution in [2.24, 2.45) is 7.05 Å². The van der Waals surface area contributed by atoms with Gasteiger partial charge in [-0.25, -0.2) is 9.97 Å². The Kier molecular flexibility index (Phi) is 4.93. The maximum atomic E-state index is 12.9. The van der Waals surface area contributed by atoms with Crippen molar-refractivity contribution < 1.29 is 4.74 Å². The van der Waals surface area contributed by atoms with Crippen molar-refractivity contribution in [3.63, 3.8) is 0 Å². The van der Waals surface area contributed by atoms with E-state index in [1.807, 2.05) is 31.3 Å². The van der Waals surface area contributed by atoms with Crippen LogP contribution in [-0.2, 0) is 25.6 Å². The molecular weight excluding hydrogens is 422 g/mol. The van der Waals surface area contributed by atoms with Crippen LogP contribution in [0.4, 0.5) is 0 Å².